The van der Waals surface area contributed by atoms with Gasteiger partial charge < -0.3 is 9.47 Å². The highest BCUT2D eigenvalue weighted by atomic mass is 16.6. The number of nitrogens with zero attached hydrogens (tertiary/aromatic N) is 2. The van der Waals surface area contributed by atoms with Crippen molar-refractivity contribution in [3.8, 4) is 11.5 Å². The van der Waals surface area contributed by atoms with Gasteiger partial charge in [-0.15, -0.1) is 0 Å². The van der Waals surface area contributed by atoms with E-state index in [1.807, 2.05) is 0 Å². The van der Waals surface area contributed by atoms with E-state index in [0.717, 1.165) is 4.90 Å². The number of nitro groups is 1. The molecule has 9 heteroatoms. The van der Waals surface area contributed by atoms with E-state index < -0.39 is 22.7 Å². The molecule has 0 unspecified atom stereocenters. The fourth-order valence-corrected chi connectivity index (χ4v) is 3.15. The number of nitro benzene ring substituents is 1. The maximum Gasteiger partial charge on any atom is 0.337 e. The van der Waals surface area contributed by atoms with Crippen molar-refractivity contribution in [3.05, 3.63) is 93.5 Å². The van der Waals surface area contributed by atoms with E-state index in [1.165, 1.54) is 73.8 Å². The Morgan fingerprint density at radius 3 is 2.10 bits per heavy atom. The second-order valence-electron chi connectivity index (χ2n) is 6.54. The van der Waals surface area contributed by atoms with Gasteiger partial charge in [-0.1, -0.05) is 0 Å². The summed E-state index contributed by atoms with van der Waals surface area (Å²) in [4.78, 5) is 48.5. The van der Waals surface area contributed by atoms with E-state index in [4.69, 9.17) is 4.74 Å². The van der Waals surface area contributed by atoms with Crippen molar-refractivity contribution < 1.29 is 28.8 Å². The standard InChI is InChI=1S/C22H14N2O7/c1-30-22(27)13-2-4-14(5-3-13)23-20(25)18-11-10-17(12-19(18)21(23)26)31-16-8-6-15(7-9-16)24(28)29/h2-12H,1H3. The highest BCUT2D eigenvalue weighted by Gasteiger charge is 2.37. The third kappa shape index (κ3) is 3.60. The van der Waals surface area contributed by atoms with Crippen LogP contribution in [-0.4, -0.2) is 29.8 Å². The molecule has 0 spiro atoms. The molecular weight excluding hydrogens is 404 g/mol. The number of esters is 1. The van der Waals surface area contributed by atoms with Gasteiger partial charge in [-0.3, -0.25) is 19.7 Å². The van der Waals surface area contributed by atoms with Gasteiger partial charge in [0.1, 0.15) is 11.5 Å². The number of amides is 2. The Morgan fingerprint density at radius 2 is 1.48 bits per heavy atom. The molecule has 0 atom stereocenters. The molecule has 0 radical (unpaired) electrons. The average Bonchev–Trinajstić information content (AvgIpc) is 3.03. The number of non-ortho nitro benzene ring substituents is 1. The number of ether oxygens (including phenoxy) is 2. The zero-order valence-corrected chi connectivity index (χ0v) is 16.1. The summed E-state index contributed by atoms with van der Waals surface area (Å²) in [5.41, 5.74) is 0.925. The fraction of sp³-hybridized carbons (Fsp3) is 0.0455. The van der Waals surface area contributed by atoms with Gasteiger partial charge in [0, 0.05) is 12.1 Å². The highest BCUT2D eigenvalue weighted by molar-refractivity contribution is 6.34. The van der Waals surface area contributed by atoms with Crippen molar-refractivity contribution in [2.75, 3.05) is 12.0 Å². The van der Waals surface area contributed by atoms with Crippen LogP contribution in [-0.2, 0) is 4.74 Å². The first kappa shape index (κ1) is 19.8. The summed E-state index contributed by atoms with van der Waals surface area (Å²) in [5, 5.41) is 10.7. The van der Waals surface area contributed by atoms with Gasteiger partial charge in [0.25, 0.3) is 17.5 Å². The number of fused-ring (bicyclic) bond motifs is 1. The maximum atomic E-state index is 12.9. The normalized spacial score (nSPS) is 12.5. The molecule has 4 rings (SSSR count). The molecule has 3 aromatic rings. The summed E-state index contributed by atoms with van der Waals surface area (Å²) >= 11 is 0. The predicted molar refractivity (Wildman–Crippen MR) is 109 cm³/mol. The Morgan fingerprint density at radius 1 is 0.871 bits per heavy atom. The van der Waals surface area contributed by atoms with E-state index in [-0.39, 0.29) is 16.8 Å². The molecule has 0 N–H and O–H groups in total. The number of hydrogen-bond donors (Lipinski definition) is 0. The van der Waals surface area contributed by atoms with Crippen molar-refractivity contribution in [1.82, 2.24) is 0 Å². The Hall–Kier alpha value is -4.53. The molecule has 1 aliphatic rings. The van der Waals surface area contributed by atoms with Crippen LogP contribution in [0, 0.1) is 10.1 Å². The molecule has 9 nitrogen and oxygen atoms in total. The van der Waals surface area contributed by atoms with E-state index in [9.17, 15) is 24.5 Å². The summed E-state index contributed by atoms with van der Waals surface area (Å²) in [6, 6.07) is 15.9. The van der Waals surface area contributed by atoms with Crippen LogP contribution < -0.4 is 9.64 Å². The lowest BCUT2D eigenvalue weighted by molar-refractivity contribution is -0.384. The van der Waals surface area contributed by atoms with Crippen molar-refractivity contribution in [2.24, 2.45) is 0 Å². The number of methoxy groups -OCH3 is 1. The second-order valence-corrected chi connectivity index (χ2v) is 6.54. The molecule has 2 amide bonds. The molecule has 0 aliphatic carbocycles. The van der Waals surface area contributed by atoms with Gasteiger partial charge in [-0.2, -0.15) is 0 Å². The smallest absolute Gasteiger partial charge is 0.337 e. The van der Waals surface area contributed by atoms with Crippen LogP contribution in [0.25, 0.3) is 0 Å². The summed E-state index contributed by atoms with van der Waals surface area (Å²) < 4.78 is 10.3. The van der Waals surface area contributed by atoms with Crippen molar-refractivity contribution >= 4 is 29.2 Å². The minimum atomic E-state index is -0.528. The molecule has 0 fully saturated rings. The van der Waals surface area contributed by atoms with Crippen LogP contribution in [0.4, 0.5) is 11.4 Å². The Bertz CT molecular complexity index is 1220. The van der Waals surface area contributed by atoms with Crippen molar-refractivity contribution in [1.29, 1.82) is 0 Å². The molecule has 0 bridgehead atoms. The van der Waals surface area contributed by atoms with Crippen LogP contribution in [0.15, 0.2) is 66.7 Å². The van der Waals surface area contributed by atoms with E-state index >= 15 is 0 Å². The monoisotopic (exact) mass is 418 g/mol. The Balaban J connectivity index is 1.58. The van der Waals surface area contributed by atoms with E-state index in [1.54, 1.807) is 0 Å². The molecule has 0 aromatic heterocycles. The number of rotatable bonds is 5. The third-order valence-electron chi connectivity index (χ3n) is 4.69. The minimum Gasteiger partial charge on any atom is -0.465 e. The van der Waals surface area contributed by atoms with Crippen LogP contribution in [0.3, 0.4) is 0 Å². The van der Waals surface area contributed by atoms with Gasteiger partial charge in [0.15, 0.2) is 0 Å². The van der Waals surface area contributed by atoms with Crippen LogP contribution in [0.5, 0.6) is 11.5 Å². The van der Waals surface area contributed by atoms with E-state index in [2.05, 4.69) is 4.74 Å². The minimum absolute atomic E-state index is 0.0732. The molecule has 3 aromatic carbocycles. The first-order chi connectivity index (χ1) is 14.9. The van der Waals surface area contributed by atoms with Gasteiger partial charge in [-0.25, -0.2) is 9.69 Å². The quantitative estimate of drug-likeness (QED) is 0.266. The number of hydrogen-bond acceptors (Lipinski definition) is 7. The van der Waals surface area contributed by atoms with Crippen molar-refractivity contribution in [2.45, 2.75) is 0 Å². The molecule has 1 aliphatic heterocycles. The van der Waals surface area contributed by atoms with Crippen LogP contribution >= 0.6 is 0 Å². The summed E-state index contributed by atoms with van der Waals surface area (Å²) in [6.07, 6.45) is 0. The summed E-state index contributed by atoms with van der Waals surface area (Å²) in [6.45, 7) is 0. The lowest BCUT2D eigenvalue weighted by atomic mass is 10.1. The zero-order chi connectivity index (χ0) is 22.1. The first-order valence-electron chi connectivity index (χ1n) is 9.02. The molecular formula is C22H14N2O7. The largest absolute Gasteiger partial charge is 0.465 e. The second kappa shape index (κ2) is 7.71. The SMILES string of the molecule is COC(=O)c1ccc(N2C(=O)c3ccc(Oc4ccc([N+](=O)[O-])cc4)cc3C2=O)cc1. The van der Waals surface area contributed by atoms with Crippen molar-refractivity contribution in [3.63, 3.8) is 0 Å². The highest BCUT2D eigenvalue weighted by Crippen LogP contribution is 2.32. The van der Waals surface area contributed by atoms with Gasteiger partial charge in [-0.05, 0) is 54.6 Å². The summed E-state index contributed by atoms with van der Waals surface area (Å²) in [5.74, 6) is -0.899. The topological polar surface area (TPSA) is 116 Å². The number of carbonyl (C=O) groups is 3. The lowest BCUT2D eigenvalue weighted by Gasteiger charge is -2.14. The molecule has 154 valence electrons. The van der Waals surface area contributed by atoms with E-state index in [0.29, 0.717) is 22.7 Å². The molecule has 0 saturated heterocycles. The van der Waals surface area contributed by atoms with Crippen LogP contribution in [0.2, 0.25) is 0 Å². The molecule has 1 heterocycles. The number of imide groups is 1. The summed E-state index contributed by atoms with van der Waals surface area (Å²) in [7, 11) is 1.26. The first-order valence-corrected chi connectivity index (χ1v) is 9.02. The van der Waals surface area contributed by atoms with Gasteiger partial charge in [0.2, 0.25) is 0 Å². The van der Waals surface area contributed by atoms with Gasteiger partial charge in [0.05, 0.1) is 34.4 Å². The predicted octanol–water partition coefficient (Wildman–Crippen LogP) is 3.97. The molecule has 0 saturated carbocycles. The molecule has 31 heavy (non-hydrogen) atoms. The lowest BCUT2D eigenvalue weighted by Crippen LogP contribution is -2.29. The fourth-order valence-electron chi connectivity index (χ4n) is 3.15. The number of benzene rings is 3. The Labute approximate surface area is 175 Å². The number of carbonyl (C=O) groups excluding carboxylic acids is 3. The third-order valence-corrected chi connectivity index (χ3v) is 4.69. The number of anilines is 1. The average molecular weight is 418 g/mol. The maximum absolute atomic E-state index is 12.9. The van der Waals surface area contributed by atoms with Gasteiger partial charge >= 0.3 is 5.97 Å². The zero-order valence-electron chi connectivity index (χ0n) is 16.1. The van der Waals surface area contributed by atoms with Crippen LogP contribution in [0.1, 0.15) is 31.1 Å². The Kier molecular flexibility index (Phi) is 4.92.